The summed E-state index contributed by atoms with van der Waals surface area (Å²) in [5.74, 6) is 0.272. The van der Waals surface area contributed by atoms with Gasteiger partial charge >= 0.3 is 6.03 Å². The zero-order valence-corrected chi connectivity index (χ0v) is 17.4. The molecule has 3 heterocycles. The summed E-state index contributed by atoms with van der Waals surface area (Å²) in [6.45, 7) is 9.59. The molecule has 0 aliphatic carbocycles. The van der Waals surface area contributed by atoms with Crippen molar-refractivity contribution in [3.8, 4) is 0 Å². The molecule has 0 unspecified atom stereocenters. The summed E-state index contributed by atoms with van der Waals surface area (Å²) >= 11 is 0. The van der Waals surface area contributed by atoms with Gasteiger partial charge in [-0.25, -0.2) is 4.79 Å². The van der Waals surface area contributed by atoms with Gasteiger partial charge in [-0.05, 0) is 46.0 Å². The number of carbonyl (C=O) groups is 3. The fourth-order valence-corrected chi connectivity index (χ4v) is 4.41. The lowest BCUT2D eigenvalue weighted by Gasteiger charge is -2.30. The third-order valence-electron chi connectivity index (χ3n) is 5.93. The quantitative estimate of drug-likeness (QED) is 0.764. The van der Waals surface area contributed by atoms with Crippen molar-refractivity contribution in [3.63, 3.8) is 0 Å². The molecule has 8 heteroatoms. The van der Waals surface area contributed by atoms with Crippen molar-refractivity contribution in [1.82, 2.24) is 24.9 Å². The topological polar surface area (TPSA) is 76.2 Å². The van der Waals surface area contributed by atoms with Gasteiger partial charge in [0.25, 0.3) is 0 Å². The monoisotopic (exact) mass is 393 g/mol. The average Bonchev–Trinajstić information content (AvgIpc) is 3.30. The van der Waals surface area contributed by atoms with E-state index in [-0.39, 0.29) is 29.9 Å². The van der Waals surface area contributed by atoms with Gasteiger partial charge in [-0.1, -0.05) is 0 Å². The maximum absolute atomic E-state index is 13.1. The minimum atomic E-state index is -0.350. The molecule has 28 heavy (non-hydrogen) atoms. The van der Waals surface area contributed by atoms with E-state index >= 15 is 0 Å². The highest BCUT2D eigenvalue weighted by atomic mass is 16.2. The Morgan fingerprint density at radius 3 is 2.29 bits per heavy atom. The molecule has 158 valence electrons. The molecule has 1 atom stereocenters. The van der Waals surface area contributed by atoms with Crippen molar-refractivity contribution < 1.29 is 14.4 Å². The van der Waals surface area contributed by atoms with Crippen LogP contribution >= 0.6 is 0 Å². The molecule has 3 fully saturated rings. The Morgan fingerprint density at radius 1 is 0.857 bits per heavy atom. The number of hydrogen-bond donors (Lipinski definition) is 1. The Balaban J connectivity index is 1.52. The molecular formula is C20H35N5O3. The van der Waals surface area contributed by atoms with E-state index in [2.05, 4.69) is 10.2 Å². The van der Waals surface area contributed by atoms with Crippen LogP contribution < -0.4 is 5.32 Å². The maximum Gasteiger partial charge on any atom is 0.318 e. The molecule has 0 radical (unpaired) electrons. The van der Waals surface area contributed by atoms with Gasteiger partial charge in [-0.3, -0.25) is 14.5 Å². The van der Waals surface area contributed by atoms with E-state index in [1.807, 2.05) is 23.6 Å². The van der Waals surface area contributed by atoms with E-state index in [1.54, 1.807) is 4.90 Å². The second kappa shape index (κ2) is 9.58. The van der Waals surface area contributed by atoms with Crippen molar-refractivity contribution in [3.05, 3.63) is 0 Å². The minimum absolute atomic E-state index is 0.0590. The summed E-state index contributed by atoms with van der Waals surface area (Å²) < 4.78 is 0. The smallest absolute Gasteiger partial charge is 0.318 e. The van der Waals surface area contributed by atoms with Gasteiger partial charge in [0.1, 0.15) is 6.04 Å². The number of amides is 4. The van der Waals surface area contributed by atoms with Crippen LogP contribution in [-0.4, -0.2) is 102 Å². The van der Waals surface area contributed by atoms with Gasteiger partial charge in [-0.2, -0.15) is 0 Å². The lowest BCUT2D eigenvalue weighted by Crippen LogP contribution is -2.52. The van der Waals surface area contributed by atoms with E-state index in [9.17, 15) is 14.4 Å². The molecule has 0 saturated carbocycles. The standard InChI is InChI=1S/C20H35N5O3/c1-16(2)21-20(28)25-12-5-7-17(25)19(27)24-11-6-8-22(13-14-24)15-18(26)23-9-3-4-10-23/h16-17H,3-15H2,1-2H3,(H,21,28)/t17-/m0/s1. The van der Waals surface area contributed by atoms with E-state index < -0.39 is 0 Å². The largest absolute Gasteiger partial charge is 0.342 e. The summed E-state index contributed by atoms with van der Waals surface area (Å²) in [5, 5.41) is 2.91. The van der Waals surface area contributed by atoms with E-state index in [1.165, 1.54) is 0 Å². The van der Waals surface area contributed by atoms with Crippen molar-refractivity contribution in [2.45, 2.75) is 58.0 Å². The predicted molar refractivity (Wildman–Crippen MR) is 107 cm³/mol. The first kappa shape index (κ1) is 20.9. The van der Waals surface area contributed by atoms with Gasteiger partial charge in [0.2, 0.25) is 11.8 Å². The lowest BCUT2D eigenvalue weighted by molar-refractivity contribution is -0.135. The maximum atomic E-state index is 13.1. The molecule has 1 N–H and O–H groups in total. The Hall–Kier alpha value is -1.83. The first-order valence-corrected chi connectivity index (χ1v) is 10.8. The van der Waals surface area contributed by atoms with Crippen molar-refractivity contribution >= 4 is 17.8 Å². The van der Waals surface area contributed by atoms with Crippen LogP contribution in [-0.2, 0) is 9.59 Å². The Morgan fingerprint density at radius 2 is 1.57 bits per heavy atom. The molecule has 3 aliphatic heterocycles. The lowest BCUT2D eigenvalue weighted by atomic mass is 10.2. The summed E-state index contributed by atoms with van der Waals surface area (Å²) in [6, 6.07) is -0.432. The number of carbonyl (C=O) groups excluding carboxylic acids is 3. The highest BCUT2D eigenvalue weighted by Gasteiger charge is 2.37. The average molecular weight is 394 g/mol. The van der Waals surface area contributed by atoms with Crippen molar-refractivity contribution in [1.29, 1.82) is 0 Å². The number of likely N-dealkylation sites (tertiary alicyclic amines) is 2. The highest BCUT2D eigenvalue weighted by Crippen LogP contribution is 2.20. The van der Waals surface area contributed by atoms with Crippen LogP contribution in [0.1, 0.15) is 46.0 Å². The van der Waals surface area contributed by atoms with Gasteiger partial charge in [0, 0.05) is 51.9 Å². The summed E-state index contributed by atoms with van der Waals surface area (Å²) in [4.78, 5) is 45.6. The SMILES string of the molecule is CC(C)NC(=O)N1CCC[C@H]1C(=O)N1CCCN(CC(=O)N2CCCC2)CC1. The van der Waals surface area contributed by atoms with Crippen LogP contribution in [0.15, 0.2) is 0 Å². The normalized spacial score (nSPS) is 24.0. The molecule has 0 aromatic carbocycles. The van der Waals surface area contributed by atoms with Crippen LogP contribution in [0.5, 0.6) is 0 Å². The van der Waals surface area contributed by atoms with E-state index in [0.717, 1.165) is 58.3 Å². The van der Waals surface area contributed by atoms with Crippen molar-refractivity contribution in [2.24, 2.45) is 0 Å². The van der Waals surface area contributed by atoms with Crippen molar-refractivity contribution in [2.75, 3.05) is 52.4 Å². The molecule has 0 aromatic heterocycles. The fraction of sp³-hybridized carbons (Fsp3) is 0.850. The van der Waals surface area contributed by atoms with Gasteiger partial charge in [0.15, 0.2) is 0 Å². The van der Waals surface area contributed by atoms with E-state index in [4.69, 9.17) is 0 Å². The summed E-state index contributed by atoms with van der Waals surface area (Å²) in [6.07, 6.45) is 4.68. The summed E-state index contributed by atoms with van der Waals surface area (Å²) in [5.41, 5.74) is 0. The molecule has 3 aliphatic rings. The van der Waals surface area contributed by atoms with E-state index in [0.29, 0.717) is 26.2 Å². The van der Waals surface area contributed by atoms with Crippen LogP contribution in [0.3, 0.4) is 0 Å². The zero-order valence-electron chi connectivity index (χ0n) is 17.4. The third-order valence-corrected chi connectivity index (χ3v) is 5.93. The Kier molecular flexibility index (Phi) is 7.15. The molecule has 3 rings (SSSR count). The van der Waals surface area contributed by atoms with Gasteiger partial charge in [-0.15, -0.1) is 0 Å². The molecule has 0 bridgehead atoms. The fourth-order valence-electron chi connectivity index (χ4n) is 4.41. The second-order valence-corrected chi connectivity index (χ2v) is 8.50. The second-order valence-electron chi connectivity index (χ2n) is 8.50. The summed E-state index contributed by atoms with van der Waals surface area (Å²) in [7, 11) is 0. The van der Waals surface area contributed by atoms with Crippen LogP contribution in [0.25, 0.3) is 0 Å². The number of hydrogen-bond acceptors (Lipinski definition) is 4. The highest BCUT2D eigenvalue weighted by molar-refractivity contribution is 5.87. The van der Waals surface area contributed by atoms with Crippen LogP contribution in [0, 0.1) is 0 Å². The Labute approximate surface area is 168 Å². The molecule has 8 nitrogen and oxygen atoms in total. The van der Waals surface area contributed by atoms with Crippen LogP contribution in [0.2, 0.25) is 0 Å². The molecular weight excluding hydrogens is 358 g/mol. The molecule has 3 saturated heterocycles. The van der Waals surface area contributed by atoms with Gasteiger partial charge in [0.05, 0.1) is 6.54 Å². The third kappa shape index (κ3) is 5.16. The zero-order chi connectivity index (χ0) is 20.1. The minimum Gasteiger partial charge on any atom is -0.342 e. The predicted octanol–water partition coefficient (Wildman–Crippen LogP) is 0.726. The molecule has 4 amide bonds. The van der Waals surface area contributed by atoms with Gasteiger partial charge < -0.3 is 20.0 Å². The molecule has 0 aromatic rings. The first-order valence-electron chi connectivity index (χ1n) is 10.8. The molecule has 0 spiro atoms. The van der Waals surface area contributed by atoms with Crippen LogP contribution in [0.4, 0.5) is 4.79 Å². The number of nitrogens with one attached hydrogen (secondary N) is 1. The Bertz CT molecular complexity index is 576. The number of nitrogens with zero attached hydrogens (tertiary/aromatic N) is 4. The number of rotatable bonds is 4. The number of urea groups is 1. The first-order chi connectivity index (χ1) is 13.5.